The first-order valence-electron chi connectivity index (χ1n) is 16.6. The molecule has 4 bridgehead atoms. The minimum Gasteiger partial charge on any atom is -0.479 e. The van der Waals surface area contributed by atoms with Crippen molar-refractivity contribution in [1.82, 2.24) is 28.1 Å². The molecule has 6 aliphatic rings. The van der Waals surface area contributed by atoms with Crippen molar-refractivity contribution in [2.75, 3.05) is 26.3 Å². The van der Waals surface area contributed by atoms with E-state index in [0.717, 1.165) is 99.3 Å². The topological polar surface area (TPSA) is 198 Å². The summed E-state index contributed by atoms with van der Waals surface area (Å²) < 4.78 is 35.5. The maximum Gasteiger partial charge on any atom is 0.348 e. The van der Waals surface area contributed by atoms with Gasteiger partial charge in [0.25, 0.3) is 11.8 Å². The number of hydrogen-bond acceptors (Lipinski definition) is 14. The number of carbonyl (C=O) groups is 2. The van der Waals surface area contributed by atoms with Crippen molar-refractivity contribution in [1.29, 1.82) is 0 Å². The van der Waals surface area contributed by atoms with Gasteiger partial charge in [-0.25, -0.2) is 9.59 Å². The zero-order valence-electron chi connectivity index (χ0n) is 27.0. The molecule has 2 saturated carbocycles. The number of nitrogens with zero attached hydrogens (tertiary/aromatic N) is 4. The van der Waals surface area contributed by atoms with Crippen molar-refractivity contribution in [3.05, 3.63) is 40.7 Å². The number of rotatable bonds is 11. The Kier molecular flexibility index (Phi) is 9.90. The quantitative estimate of drug-likeness (QED) is 0.181. The van der Waals surface area contributed by atoms with Crippen molar-refractivity contribution in [3.8, 4) is 41.2 Å². The van der Waals surface area contributed by atoms with E-state index in [4.69, 9.17) is 14.2 Å². The molecule has 0 amide bonds. The van der Waals surface area contributed by atoms with Gasteiger partial charge in [0, 0.05) is 36.0 Å². The number of fused-ring (bicyclic) bond motifs is 6. The number of aliphatic carboxylic acids is 2. The van der Waals surface area contributed by atoms with E-state index in [-0.39, 0.29) is 40.9 Å². The Balaban J connectivity index is 1.09. The summed E-state index contributed by atoms with van der Waals surface area (Å²) in [7, 11) is 0. The lowest BCUT2D eigenvalue weighted by atomic mass is 9.67. The van der Waals surface area contributed by atoms with Crippen LogP contribution in [-0.4, -0.2) is 95.3 Å². The van der Waals surface area contributed by atoms with E-state index in [9.17, 15) is 24.9 Å². The molecule has 0 spiro atoms. The smallest absolute Gasteiger partial charge is 0.348 e. The number of para-hydroxylation sites is 1. The van der Waals surface area contributed by atoms with Gasteiger partial charge in [0.05, 0.1) is 34.6 Å². The molecule has 50 heavy (non-hydrogen) atoms. The average molecular weight is 721 g/mol. The molecule has 16 heteroatoms. The molecule has 2 atom stereocenters. The maximum atomic E-state index is 12.0. The lowest BCUT2D eigenvalue weighted by Crippen LogP contribution is -2.54. The molecule has 6 fully saturated rings. The van der Waals surface area contributed by atoms with Crippen LogP contribution in [0, 0.1) is 23.7 Å². The van der Waals surface area contributed by atoms with Gasteiger partial charge in [0.15, 0.2) is 25.1 Å². The molecule has 4 aliphatic heterocycles. The lowest BCUT2D eigenvalue weighted by molar-refractivity contribution is -0.163. The Morgan fingerprint density at radius 2 is 1.28 bits per heavy atom. The molecular weight excluding hydrogens is 685 g/mol. The van der Waals surface area contributed by atoms with Gasteiger partial charge in [-0.3, -0.25) is 0 Å². The Bertz CT molecular complexity index is 1720. The second-order valence-electron chi connectivity index (χ2n) is 13.2. The molecule has 5 N–H and O–H groups in total. The highest BCUT2D eigenvalue weighted by atomic mass is 32.1. The van der Waals surface area contributed by atoms with Crippen molar-refractivity contribution in [3.63, 3.8) is 0 Å². The van der Waals surface area contributed by atoms with Crippen LogP contribution < -0.4 is 24.8 Å². The molecule has 1 aromatic carbocycles. The molecule has 6 heterocycles. The number of carboxylic acids is 2. The zero-order chi connectivity index (χ0) is 34.7. The van der Waals surface area contributed by atoms with Gasteiger partial charge >= 0.3 is 11.9 Å². The normalized spacial score (nSPS) is 26.1. The number of aliphatic hydroxyl groups is 1. The van der Waals surface area contributed by atoms with E-state index in [1.165, 1.54) is 0 Å². The summed E-state index contributed by atoms with van der Waals surface area (Å²) in [6.07, 6.45) is 3.93. The summed E-state index contributed by atoms with van der Waals surface area (Å²) in [6, 6.07) is 5.94. The minimum atomic E-state index is -2.35. The van der Waals surface area contributed by atoms with Crippen LogP contribution in [0.2, 0.25) is 0 Å². The minimum absolute atomic E-state index is 0.0461. The number of benzene rings is 1. The van der Waals surface area contributed by atoms with Gasteiger partial charge in [-0.2, -0.15) is 8.75 Å². The van der Waals surface area contributed by atoms with E-state index in [1.807, 2.05) is 0 Å². The van der Waals surface area contributed by atoms with Gasteiger partial charge in [-0.15, -0.1) is 8.75 Å². The van der Waals surface area contributed by atoms with E-state index in [2.05, 4.69) is 51.8 Å². The lowest BCUT2D eigenvalue weighted by Gasteiger charge is -2.46. The summed E-state index contributed by atoms with van der Waals surface area (Å²) in [4.78, 5) is 23.5. The van der Waals surface area contributed by atoms with E-state index >= 15 is 0 Å². The fourth-order valence-corrected chi connectivity index (χ4v) is 8.67. The predicted octanol–water partition coefficient (Wildman–Crippen LogP) is 2.10. The fraction of sp³-hybridized carbons (Fsp3) is 0.529. The number of aliphatic hydroxyl groups excluding tert-OH is 1. The molecule has 14 nitrogen and oxygen atoms in total. The highest BCUT2D eigenvalue weighted by molar-refractivity contribution is 6.99. The number of carboxylic acid groups (broad SMARTS) is 2. The first-order valence-corrected chi connectivity index (χ1v) is 18.0. The van der Waals surface area contributed by atoms with Crippen molar-refractivity contribution >= 4 is 35.4 Å². The zero-order valence-corrected chi connectivity index (χ0v) is 28.6. The second-order valence-corrected chi connectivity index (χ2v) is 14.3. The highest BCUT2D eigenvalue weighted by Gasteiger charge is 2.46. The number of aromatic nitrogens is 4. The monoisotopic (exact) mass is 720 g/mol. The molecular formula is C34H36N6O8S2. The molecule has 0 unspecified atom stereocenters. The third-order valence-corrected chi connectivity index (χ3v) is 11.3. The summed E-state index contributed by atoms with van der Waals surface area (Å²) in [6.45, 7) is 1.57. The van der Waals surface area contributed by atoms with Gasteiger partial charge in [-0.1, -0.05) is 29.7 Å². The molecule has 2 aromatic heterocycles. The number of hydrogen-bond donors (Lipinski definition) is 5. The maximum absolute atomic E-state index is 12.0. The van der Waals surface area contributed by atoms with E-state index in [1.54, 1.807) is 18.2 Å². The van der Waals surface area contributed by atoms with Crippen LogP contribution in [0.5, 0.6) is 17.5 Å². The third-order valence-electron chi connectivity index (χ3n) is 10.3. The molecule has 262 valence electrons. The standard InChI is InChI=1S/C34H36N6O8S2/c41-24(31(42)43)26(32(44)45)48-25-20(6-2-16-46-29-27(37-49-39-29)33-12-8-22(9-13-33)35-18-33)4-1-5-21(25)7-3-17-47-30-28(38-50-40-30)34-14-10-23(11-15-34)36-19-34/h1,4-5,22-24,26,35-36,41H,8-19H2,(H,42,43)(H,44,45)/t22?,23?,24-,26+,33?,34?/m0/s1. The summed E-state index contributed by atoms with van der Waals surface area (Å²) in [5.74, 6) is 9.07. The number of ether oxygens (including phenoxy) is 3. The Morgan fingerprint density at radius 3 is 1.68 bits per heavy atom. The Morgan fingerprint density at radius 1 is 0.800 bits per heavy atom. The predicted molar refractivity (Wildman–Crippen MR) is 181 cm³/mol. The van der Waals surface area contributed by atoms with Crippen LogP contribution in [0.3, 0.4) is 0 Å². The Hall–Kier alpha value is -4.32. The second kappa shape index (κ2) is 14.5. The van der Waals surface area contributed by atoms with Gasteiger partial charge in [0.2, 0.25) is 6.10 Å². The van der Waals surface area contributed by atoms with Gasteiger partial charge in [-0.05, 0) is 63.5 Å². The average Bonchev–Trinajstić information content (AvgIpc) is 3.83. The molecule has 3 aromatic rings. The molecule has 4 saturated heterocycles. The first-order chi connectivity index (χ1) is 24.3. The van der Waals surface area contributed by atoms with Crippen LogP contribution in [-0.2, 0) is 20.4 Å². The highest BCUT2D eigenvalue weighted by Crippen LogP contribution is 2.46. The first kappa shape index (κ1) is 34.1. The molecule has 9 rings (SSSR count). The molecule has 0 radical (unpaired) electrons. The van der Waals surface area contributed by atoms with E-state index in [0.29, 0.717) is 23.8 Å². The van der Waals surface area contributed by atoms with Crippen LogP contribution in [0.4, 0.5) is 0 Å². The molecule has 2 aliphatic carbocycles. The number of nitrogens with one attached hydrogen (secondary N) is 2. The van der Waals surface area contributed by atoms with Crippen LogP contribution in [0.1, 0.15) is 73.9 Å². The Labute approximate surface area is 296 Å². The largest absolute Gasteiger partial charge is 0.479 e. The van der Waals surface area contributed by atoms with Gasteiger partial charge < -0.3 is 40.2 Å². The summed E-state index contributed by atoms with van der Waals surface area (Å²) in [5.41, 5.74) is 1.91. The summed E-state index contributed by atoms with van der Waals surface area (Å²) in [5, 5.41) is 36.4. The van der Waals surface area contributed by atoms with Crippen LogP contribution >= 0.6 is 23.5 Å². The number of piperidine rings is 4. The fourth-order valence-electron chi connectivity index (χ4n) is 7.46. The van der Waals surface area contributed by atoms with Crippen molar-refractivity contribution in [2.45, 2.75) is 86.5 Å². The van der Waals surface area contributed by atoms with Crippen LogP contribution in [0.25, 0.3) is 0 Å². The third kappa shape index (κ3) is 6.86. The summed E-state index contributed by atoms with van der Waals surface area (Å²) >= 11 is 2.20. The van der Waals surface area contributed by atoms with Gasteiger partial charge in [0.1, 0.15) is 11.4 Å². The van der Waals surface area contributed by atoms with Crippen molar-refractivity contribution in [2.24, 2.45) is 0 Å². The SMILES string of the molecule is O=C(O)[C@@H](O)[C@@H](Oc1c(C#CCOc2nsnc2C23CCC(CC2)NC3)cccc1C#CCOc1nsnc1C12CCC(CC1)NC2)C(=O)O. The van der Waals surface area contributed by atoms with Crippen LogP contribution in [0.15, 0.2) is 18.2 Å². The van der Waals surface area contributed by atoms with Crippen molar-refractivity contribution < 1.29 is 39.1 Å². The van der Waals surface area contributed by atoms with E-state index < -0.39 is 24.1 Å².